The van der Waals surface area contributed by atoms with Crippen molar-refractivity contribution in [2.24, 2.45) is 5.92 Å². The molecule has 2 N–H and O–H groups in total. The summed E-state index contributed by atoms with van der Waals surface area (Å²) in [4.78, 5) is 11.8. The lowest BCUT2D eigenvalue weighted by atomic mass is 10.1. The summed E-state index contributed by atoms with van der Waals surface area (Å²) in [6, 6.07) is 4.73. The van der Waals surface area contributed by atoms with Gasteiger partial charge in [0.2, 0.25) is 5.91 Å². The molecule has 1 aromatic rings. The molecular weight excluding hydrogens is 295 g/mol. The molecule has 1 saturated carbocycles. The van der Waals surface area contributed by atoms with Gasteiger partial charge in [-0.3, -0.25) is 4.79 Å². The molecule has 0 aromatic heterocycles. The van der Waals surface area contributed by atoms with Crippen molar-refractivity contribution in [3.8, 4) is 0 Å². The number of carbonyl (C=O) groups is 1. The Labute approximate surface area is 126 Å². The van der Waals surface area contributed by atoms with E-state index >= 15 is 0 Å². The average molecular weight is 313 g/mol. The number of halogens is 3. The van der Waals surface area contributed by atoms with Crippen LogP contribution in [0, 0.1) is 5.92 Å². The molecule has 1 aliphatic carbocycles. The van der Waals surface area contributed by atoms with Crippen LogP contribution in [0.4, 0.5) is 13.2 Å². The number of nitrogens with one attached hydrogen (secondary N) is 1. The molecule has 0 bridgehead atoms. The van der Waals surface area contributed by atoms with Gasteiger partial charge in [0, 0.05) is 18.7 Å². The monoisotopic (exact) mass is 313 g/mol. The molecule has 0 heterocycles. The van der Waals surface area contributed by atoms with Gasteiger partial charge in [-0.15, -0.1) is 0 Å². The van der Waals surface area contributed by atoms with Gasteiger partial charge in [-0.1, -0.05) is 12.1 Å². The summed E-state index contributed by atoms with van der Waals surface area (Å²) in [5.74, 6) is 0.0424. The smallest absolute Gasteiger partial charge is 0.396 e. The van der Waals surface area contributed by atoms with Crippen molar-refractivity contribution in [2.45, 2.75) is 31.5 Å². The van der Waals surface area contributed by atoms with Crippen LogP contribution < -0.4 is 5.32 Å². The summed E-state index contributed by atoms with van der Waals surface area (Å²) in [7, 11) is 0. The lowest BCUT2D eigenvalue weighted by Crippen LogP contribution is -2.36. The third-order valence-electron chi connectivity index (χ3n) is 3.60. The second-order valence-electron chi connectivity index (χ2n) is 5.42. The summed E-state index contributed by atoms with van der Waals surface area (Å²) in [5, 5.41) is 11.8. The predicted molar refractivity (Wildman–Crippen MR) is 76.8 cm³/mol. The Hall–Kier alpha value is -1.82. The summed E-state index contributed by atoms with van der Waals surface area (Å²) in [6.45, 7) is -0.00120. The van der Waals surface area contributed by atoms with Crippen molar-refractivity contribution < 1.29 is 23.1 Å². The minimum absolute atomic E-state index is 0.00120. The Kier molecular flexibility index (Phi) is 5.24. The molecular formula is C16H18F3NO2. The van der Waals surface area contributed by atoms with Gasteiger partial charge >= 0.3 is 6.18 Å². The molecule has 6 heteroatoms. The van der Waals surface area contributed by atoms with Crippen molar-refractivity contribution in [1.29, 1.82) is 0 Å². The normalized spacial score (nSPS) is 16.7. The zero-order chi connectivity index (χ0) is 16.2. The fourth-order valence-electron chi connectivity index (χ4n) is 2.28. The molecule has 1 aromatic carbocycles. The lowest BCUT2D eigenvalue weighted by Gasteiger charge is -2.15. The molecule has 1 aliphatic rings. The quantitative estimate of drug-likeness (QED) is 0.793. The molecule has 1 unspecified atom stereocenters. The lowest BCUT2D eigenvalue weighted by molar-refractivity contribution is -0.137. The maximum atomic E-state index is 12.6. The molecule has 0 spiro atoms. The van der Waals surface area contributed by atoms with Crippen molar-refractivity contribution in [2.75, 3.05) is 6.61 Å². The molecule has 0 aliphatic heterocycles. The first kappa shape index (κ1) is 16.5. The van der Waals surface area contributed by atoms with E-state index in [9.17, 15) is 18.0 Å². The van der Waals surface area contributed by atoms with Gasteiger partial charge in [-0.05, 0) is 49.0 Å². The molecule has 0 radical (unpaired) electrons. The van der Waals surface area contributed by atoms with Gasteiger partial charge in [0.15, 0.2) is 0 Å². The second kappa shape index (κ2) is 6.96. The van der Waals surface area contributed by atoms with E-state index in [0.717, 1.165) is 25.0 Å². The van der Waals surface area contributed by atoms with Crippen LogP contribution in [0.15, 0.2) is 30.3 Å². The Bertz CT molecular complexity index is 551. The summed E-state index contributed by atoms with van der Waals surface area (Å²) >= 11 is 0. The summed E-state index contributed by atoms with van der Waals surface area (Å²) < 4.78 is 37.8. The molecule has 120 valence electrons. The van der Waals surface area contributed by atoms with E-state index in [1.165, 1.54) is 24.3 Å². The average Bonchev–Trinajstić information content (AvgIpc) is 3.29. The van der Waals surface area contributed by atoms with Crippen molar-refractivity contribution in [3.63, 3.8) is 0 Å². The van der Waals surface area contributed by atoms with Crippen molar-refractivity contribution >= 4 is 12.0 Å². The fraction of sp³-hybridized carbons (Fsp3) is 0.438. The Morgan fingerprint density at radius 3 is 2.73 bits per heavy atom. The topological polar surface area (TPSA) is 49.3 Å². The summed E-state index contributed by atoms with van der Waals surface area (Å²) in [6.07, 6.45) is 0.735. The highest BCUT2D eigenvalue weighted by Gasteiger charge is 2.31. The molecule has 2 rings (SSSR count). The van der Waals surface area contributed by atoms with Gasteiger partial charge in [0.1, 0.15) is 0 Å². The van der Waals surface area contributed by atoms with E-state index < -0.39 is 11.7 Å². The Morgan fingerprint density at radius 1 is 1.41 bits per heavy atom. The van der Waals surface area contributed by atoms with Crippen molar-refractivity contribution in [3.05, 3.63) is 41.5 Å². The third kappa shape index (κ3) is 4.87. The molecule has 1 fully saturated rings. The van der Waals surface area contributed by atoms with E-state index in [1.807, 2.05) is 0 Å². The van der Waals surface area contributed by atoms with Gasteiger partial charge < -0.3 is 10.4 Å². The fourth-order valence-corrected chi connectivity index (χ4v) is 2.28. The number of alkyl halides is 3. The molecule has 1 amide bonds. The predicted octanol–water partition coefficient (Wildman–Crippen LogP) is 3.00. The number of aliphatic hydroxyl groups excluding tert-OH is 1. The SMILES string of the molecule is O=C(/C=C/c1cccc(C(F)(F)F)c1)NC(CCO)C1CC1. The van der Waals surface area contributed by atoms with Crippen LogP contribution in [0.2, 0.25) is 0 Å². The van der Waals surface area contributed by atoms with Crippen molar-refractivity contribution in [1.82, 2.24) is 5.32 Å². The zero-order valence-electron chi connectivity index (χ0n) is 11.9. The highest BCUT2D eigenvalue weighted by atomic mass is 19.4. The first-order chi connectivity index (χ1) is 10.4. The highest BCUT2D eigenvalue weighted by Crippen LogP contribution is 2.34. The van der Waals surface area contributed by atoms with Crippen LogP contribution in [0.3, 0.4) is 0 Å². The molecule has 22 heavy (non-hydrogen) atoms. The van der Waals surface area contributed by atoms with E-state index in [-0.39, 0.29) is 18.6 Å². The van der Waals surface area contributed by atoms with Crippen LogP contribution in [-0.2, 0) is 11.0 Å². The standard InChI is InChI=1S/C16H18F3NO2/c17-16(18,19)13-3-1-2-11(10-13)4-7-15(22)20-14(8-9-21)12-5-6-12/h1-4,7,10,12,14,21H,5-6,8-9H2,(H,20,22)/b7-4+. The maximum absolute atomic E-state index is 12.6. The van der Waals surface area contributed by atoms with Gasteiger partial charge in [0.05, 0.1) is 5.56 Å². The Morgan fingerprint density at radius 2 is 2.14 bits per heavy atom. The number of aliphatic hydroxyl groups is 1. The van der Waals surface area contributed by atoms with E-state index in [4.69, 9.17) is 5.11 Å². The zero-order valence-corrected chi connectivity index (χ0v) is 11.9. The molecule has 1 atom stereocenters. The number of hydrogen-bond donors (Lipinski definition) is 2. The first-order valence-electron chi connectivity index (χ1n) is 7.17. The minimum atomic E-state index is -4.40. The maximum Gasteiger partial charge on any atom is 0.416 e. The number of amides is 1. The van der Waals surface area contributed by atoms with Crippen LogP contribution in [0.1, 0.15) is 30.4 Å². The van der Waals surface area contributed by atoms with Crippen LogP contribution in [-0.4, -0.2) is 23.7 Å². The number of hydrogen-bond acceptors (Lipinski definition) is 2. The first-order valence-corrected chi connectivity index (χ1v) is 7.17. The largest absolute Gasteiger partial charge is 0.416 e. The van der Waals surface area contributed by atoms with Crippen LogP contribution >= 0.6 is 0 Å². The van der Waals surface area contributed by atoms with Gasteiger partial charge in [-0.25, -0.2) is 0 Å². The summed E-state index contributed by atoms with van der Waals surface area (Å²) in [5.41, 5.74) is -0.429. The van der Waals surface area contributed by atoms with E-state index in [1.54, 1.807) is 0 Å². The second-order valence-corrected chi connectivity index (χ2v) is 5.42. The highest BCUT2D eigenvalue weighted by molar-refractivity contribution is 5.91. The molecule has 3 nitrogen and oxygen atoms in total. The molecule has 0 saturated heterocycles. The number of benzene rings is 1. The van der Waals surface area contributed by atoms with E-state index in [0.29, 0.717) is 17.9 Å². The Balaban J connectivity index is 1.97. The van der Waals surface area contributed by atoms with E-state index in [2.05, 4.69) is 5.32 Å². The number of rotatable bonds is 6. The van der Waals surface area contributed by atoms with Crippen LogP contribution in [0.5, 0.6) is 0 Å². The third-order valence-corrected chi connectivity index (χ3v) is 3.60. The van der Waals surface area contributed by atoms with Gasteiger partial charge in [0.25, 0.3) is 0 Å². The van der Waals surface area contributed by atoms with Crippen LogP contribution in [0.25, 0.3) is 6.08 Å². The number of carbonyl (C=O) groups excluding carboxylic acids is 1. The minimum Gasteiger partial charge on any atom is -0.396 e. The van der Waals surface area contributed by atoms with Gasteiger partial charge in [-0.2, -0.15) is 13.2 Å².